The van der Waals surface area contributed by atoms with Gasteiger partial charge in [-0.25, -0.2) is 0 Å². The van der Waals surface area contributed by atoms with Crippen molar-refractivity contribution in [3.05, 3.63) is 0 Å². The third-order valence-corrected chi connectivity index (χ3v) is 11.8. The van der Waals surface area contributed by atoms with E-state index in [0.717, 1.165) is 25.9 Å². The lowest BCUT2D eigenvalue weighted by atomic mass is 10.9. The molecule has 110 valence electrons. The molecule has 0 saturated carbocycles. The highest BCUT2D eigenvalue weighted by molar-refractivity contribution is 6.76. The van der Waals surface area contributed by atoms with Gasteiger partial charge in [0.2, 0.25) is 0 Å². The van der Waals surface area contributed by atoms with Crippen LogP contribution in [0.4, 0.5) is 0 Å². The summed E-state index contributed by atoms with van der Waals surface area (Å²) in [5.41, 5.74) is 0. The van der Waals surface area contributed by atoms with Crippen molar-refractivity contribution in [2.45, 2.75) is 65.3 Å². The van der Waals surface area contributed by atoms with Crippen LogP contribution in [-0.4, -0.2) is 36.7 Å². The van der Waals surface area contributed by atoms with Gasteiger partial charge in [-0.1, -0.05) is 13.8 Å². The van der Waals surface area contributed by atoms with Crippen LogP contribution in [0.25, 0.3) is 0 Å². The molecule has 0 heterocycles. The molecule has 0 amide bonds. The third kappa shape index (κ3) is 5.97. The van der Waals surface area contributed by atoms with Crippen LogP contribution >= 0.6 is 0 Å². The maximum atomic E-state index is 6.13. The van der Waals surface area contributed by atoms with Crippen molar-refractivity contribution in [1.29, 1.82) is 0 Å². The molecule has 0 aromatic rings. The van der Waals surface area contributed by atoms with Crippen molar-refractivity contribution >= 4 is 16.9 Å². The molecule has 0 atom stereocenters. The van der Waals surface area contributed by atoms with Crippen LogP contribution in [0, 0.1) is 0 Å². The highest BCUT2D eigenvalue weighted by Gasteiger charge is 2.37. The first-order valence-corrected chi connectivity index (χ1v) is 12.5. The van der Waals surface area contributed by atoms with E-state index >= 15 is 0 Å². The summed E-state index contributed by atoms with van der Waals surface area (Å²) in [7, 11) is -3.50. The Labute approximate surface area is 116 Å². The Morgan fingerprint density at radius 3 is 1.44 bits per heavy atom. The molecule has 0 aromatic carbocycles. The molecule has 0 unspecified atom stereocenters. The van der Waals surface area contributed by atoms with Crippen molar-refractivity contribution in [2.75, 3.05) is 19.8 Å². The Balaban J connectivity index is 4.54. The first kappa shape index (κ1) is 18.3. The second-order valence-electron chi connectivity index (χ2n) is 4.82. The molecule has 0 radical (unpaired) electrons. The second kappa shape index (κ2) is 9.25. The Morgan fingerprint density at radius 1 is 0.667 bits per heavy atom. The van der Waals surface area contributed by atoms with Crippen LogP contribution in [0.1, 0.15) is 34.6 Å². The van der Waals surface area contributed by atoms with Crippen molar-refractivity contribution in [3.8, 4) is 0 Å². The summed E-state index contributed by atoms with van der Waals surface area (Å²) in [6, 6.07) is 4.64. The van der Waals surface area contributed by atoms with E-state index in [4.69, 9.17) is 13.3 Å². The van der Waals surface area contributed by atoms with Gasteiger partial charge in [-0.3, -0.25) is 0 Å². The van der Waals surface area contributed by atoms with Crippen LogP contribution in [0.15, 0.2) is 0 Å². The van der Waals surface area contributed by atoms with Crippen molar-refractivity contribution in [3.63, 3.8) is 0 Å². The van der Waals surface area contributed by atoms with Gasteiger partial charge in [-0.15, -0.1) is 0 Å². The normalized spacial score (nSPS) is 13.0. The molecule has 0 spiro atoms. The molecule has 0 saturated heterocycles. The van der Waals surface area contributed by atoms with E-state index in [1.54, 1.807) is 0 Å². The van der Waals surface area contributed by atoms with Gasteiger partial charge >= 0.3 is 8.56 Å². The van der Waals surface area contributed by atoms with Gasteiger partial charge in [0.25, 0.3) is 0 Å². The Kier molecular flexibility index (Phi) is 9.42. The summed E-state index contributed by atoms with van der Waals surface area (Å²) in [6.07, 6.45) is 0. The summed E-state index contributed by atoms with van der Waals surface area (Å²) in [4.78, 5) is 0. The van der Waals surface area contributed by atoms with Gasteiger partial charge in [0.1, 0.15) is 0 Å². The molecule has 18 heavy (non-hydrogen) atoms. The quantitative estimate of drug-likeness (QED) is 0.535. The monoisotopic (exact) mass is 292 g/mol. The summed E-state index contributed by atoms with van der Waals surface area (Å²) >= 11 is 0. The fraction of sp³-hybridized carbons (Fsp3) is 1.00. The fourth-order valence-corrected chi connectivity index (χ4v) is 10.0. The maximum absolute atomic E-state index is 6.13. The lowest BCUT2D eigenvalue weighted by Crippen LogP contribution is -2.44. The van der Waals surface area contributed by atoms with E-state index in [1.165, 1.54) is 18.1 Å². The Hall–Kier alpha value is 0.314. The molecule has 0 aliphatic carbocycles. The van der Waals surface area contributed by atoms with E-state index in [0.29, 0.717) is 0 Å². The van der Waals surface area contributed by atoms with E-state index in [2.05, 4.69) is 41.2 Å². The predicted molar refractivity (Wildman–Crippen MR) is 82.8 cm³/mol. The van der Waals surface area contributed by atoms with Crippen LogP contribution in [0.2, 0.25) is 30.7 Å². The van der Waals surface area contributed by atoms with Gasteiger partial charge in [0.05, 0.1) is 0 Å². The standard InChI is InChI=1S/C13H32O3Si2/c1-7-14-17(6,15-8-2)12-13-18(10-4,11-5)16-9-3/h7-13H2,1-6H3. The topological polar surface area (TPSA) is 27.7 Å². The molecule has 0 aliphatic rings. The van der Waals surface area contributed by atoms with Gasteiger partial charge < -0.3 is 13.3 Å². The summed E-state index contributed by atoms with van der Waals surface area (Å²) in [5.74, 6) is 0. The molecule has 0 rings (SSSR count). The molecule has 0 bridgehead atoms. The highest BCUT2D eigenvalue weighted by atomic mass is 28.4. The minimum absolute atomic E-state index is 0.754. The number of hydrogen-bond acceptors (Lipinski definition) is 3. The maximum Gasteiger partial charge on any atom is 0.334 e. The van der Waals surface area contributed by atoms with E-state index in [9.17, 15) is 0 Å². The van der Waals surface area contributed by atoms with Gasteiger partial charge in [0, 0.05) is 19.8 Å². The SMILES string of the molecule is CCO[Si](CC)(CC)CC[Si](C)(OCC)OCC. The minimum Gasteiger partial charge on any atom is -0.417 e. The van der Waals surface area contributed by atoms with Gasteiger partial charge in [0.15, 0.2) is 8.32 Å². The van der Waals surface area contributed by atoms with E-state index in [1.807, 2.05) is 0 Å². The molecule has 0 fully saturated rings. The first-order chi connectivity index (χ1) is 8.51. The second-order valence-corrected chi connectivity index (χ2v) is 12.7. The molecule has 0 aliphatic heterocycles. The third-order valence-electron chi connectivity index (χ3n) is 3.67. The van der Waals surface area contributed by atoms with Crippen molar-refractivity contribution in [2.24, 2.45) is 0 Å². The number of hydrogen-bond donors (Lipinski definition) is 0. The molecule has 0 N–H and O–H groups in total. The van der Waals surface area contributed by atoms with Crippen LogP contribution in [-0.2, 0) is 13.3 Å². The average Bonchev–Trinajstić information content (AvgIpc) is 2.35. The predicted octanol–water partition coefficient (Wildman–Crippen LogP) is 4.15. The largest absolute Gasteiger partial charge is 0.417 e. The summed E-state index contributed by atoms with van der Waals surface area (Å²) in [6.45, 7) is 15.3. The Morgan fingerprint density at radius 2 is 1.11 bits per heavy atom. The molecule has 0 aromatic heterocycles. The van der Waals surface area contributed by atoms with E-state index < -0.39 is 16.9 Å². The van der Waals surface area contributed by atoms with Gasteiger partial charge in [-0.05, 0) is 51.5 Å². The van der Waals surface area contributed by atoms with Gasteiger partial charge in [-0.2, -0.15) is 0 Å². The zero-order chi connectivity index (χ0) is 14.1. The fourth-order valence-electron chi connectivity index (χ4n) is 2.44. The van der Waals surface area contributed by atoms with Crippen LogP contribution < -0.4 is 0 Å². The zero-order valence-electron chi connectivity index (χ0n) is 13.2. The smallest absolute Gasteiger partial charge is 0.334 e. The highest BCUT2D eigenvalue weighted by Crippen LogP contribution is 2.28. The van der Waals surface area contributed by atoms with E-state index in [-0.39, 0.29) is 0 Å². The number of rotatable bonds is 11. The summed E-state index contributed by atoms with van der Waals surface area (Å²) in [5, 5.41) is 0. The van der Waals surface area contributed by atoms with Crippen molar-refractivity contribution in [1.82, 2.24) is 0 Å². The van der Waals surface area contributed by atoms with Crippen LogP contribution in [0.5, 0.6) is 0 Å². The molecular formula is C13H32O3Si2. The molecular weight excluding hydrogens is 260 g/mol. The van der Waals surface area contributed by atoms with Crippen LogP contribution in [0.3, 0.4) is 0 Å². The van der Waals surface area contributed by atoms with Crippen molar-refractivity contribution < 1.29 is 13.3 Å². The molecule has 5 heteroatoms. The zero-order valence-corrected chi connectivity index (χ0v) is 15.2. The Bertz CT molecular complexity index is 202. The molecule has 3 nitrogen and oxygen atoms in total. The first-order valence-electron chi connectivity index (χ1n) is 7.43. The lowest BCUT2D eigenvalue weighted by molar-refractivity contribution is 0.189. The average molecular weight is 293 g/mol. The lowest BCUT2D eigenvalue weighted by Gasteiger charge is -2.33. The summed E-state index contributed by atoms with van der Waals surface area (Å²) < 4.78 is 18.0. The minimum atomic E-state index is -1.97.